The molecule has 0 unspecified atom stereocenters. The standard InChI is InChI=1S/C16H21BrO3/c1-3-5-6-12(4-2)16(19)20-11-15(18)13-7-9-14(17)10-8-13/h7-10,12H,3-6,11H2,1-2H3/t12-/m0/s1. The van der Waals surface area contributed by atoms with Gasteiger partial charge in [-0.15, -0.1) is 0 Å². The Morgan fingerprint density at radius 2 is 1.85 bits per heavy atom. The van der Waals surface area contributed by atoms with Gasteiger partial charge in [0.2, 0.25) is 0 Å². The van der Waals surface area contributed by atoms with Crippen LogP contribution in [0.4, 0.5) is 0 Å². The average molecular weight is 341 g/mol. The maximum absolute atomic E-state index is 11.9. The lowest BCUT2D eigenvalue weighted by Gasteiger charge is -2.13. The molecule has 1 aromatic rings. The van der Waals surface area contributed by atoms with Gasteiger partial charge in [-0.25, -0.2) is 0 Å². The highest BCUT2D eigenvalue weighted by Crippen LogP contribution is 2.15. The van der Waals surface area contributed by atoms with E-state index in [1.165, 1.54) is 0 Å². The summed E-state index contributed by atoms with van der Waals surface area (Å²) < 4.78 is 6.05. The van der Waals surface area contributed by atoms with Crippen molar-refractivity contribution in [2.24, 2.45) is 5.92 Å². The number of halogens is 1. The second-order valence-corrected chi connectivity index (χ2v) is 5.70. The molecule has 3 nitrogen and oxygen atoms in total. The molecule has 0 bridgehead atoms. The van der Waals surface area contributed by atoms with Crippen LogP contribution in [0, 0.1) is 5.92 Å². The van der Waals surface area contributed by atoms with Crippen LogP contribution in [0.5, 0.6) is 0 Å². The van der Waals surface area contributed by atoms with Crippen molar-refractivity contribution in [3.63, 3.8) is 0 Å². The lowest BCUT2D eigenvalue weighted by molar-refractivity contribution is -0.147. The summed E-state index contributed by atoms with van der Waals surface area (Å²) in [5.41, 5.74) is 0.558. The SMILES string of the molecule is CCCC[C@H](CC)C(=O)OCC(=O)c1ccc(Br)cc1. The number of carbonyl (C=O) groups is 2. The van der Waals surface area contributed by atoms with E-state index >= 15 is 0 Å². The van der Waals surface area contributed by atoms with Crippen molar-refractivity contribution in [1.82, 2.24) is 0 Å². The first-order valence-corrected chi connectivity index (χ1v) is 7.83. The quantitative estimate of drug-likeness (QED) is 0.520. The Kier molecular flexibility index (Phi) is 7.52. The van der Waals surface area contributed by atoms with Crippen molar-refractivity contribution in [3.8, 4) is 0 Å². The molecular weight excluding hydrogens is 320 g/mol. The van der Waals surface area contributed by atoms with Crippen molar-refractivity contribution in [2.45, 2.75) is 39.5 Å². The van der Waals surface area contributed by atoms with Gasteiger partial charge in [-0.1, -0.05) is 54.8 Å². The summed E-state index contributed by atoms with van der Waals surface area (Å²) in [6, 6.07) is 7.03. The molecule has 0 spiro atoms. The van der Waals surface area contributed by atoms with E-state index in [9.17, 15) is 9.59 Å². The number of rotatable bonds is 8. The Bertz CT molecular complexity index is 440. The summed E-state index contributed by atoms with van der Waals surface area (Å²) in [6.07, 6.45) is 3.65. The summed E-state index contributed by atoms with van der Waals surface area (Å²) in [6.45, 7) is 3.89. The topological polar surface area (TPSA) is 43.4 Å². The van der Waals surface area contributed by atoms with Crippen LogP contribution in [0.1, 0.15) is 49.9 Å². The highest BCUT2D eigenvalue weighted by atomic mass is 79.9. The first-order chi connectivity index (χ1) is 9.58. The molecular formula is C16H21BrO3. The fourth-order valence-electron chi connectivity index (χ4n) is 1.91. The van der Waals surface area contributed by atoms with Crippen LogP contribution >= 0.6 is 15.9 Å². The predicted octanol–water partition coefficient (Wildman–Crippen LogP) is 4.39. The largest absolute Gasteiger partial charge is 0.457 e. The summed E-state index contributed by atoms with van der Waals surface area (Å²) in [5, 5.41) is 0. The maximum Gasteiger partial charge on any atom is 0.309 e. The van der Waals surface area contributed by atoms with Gasteiger partial charge in [0.1, 0.15) is 0 Å². The van der Waals surface area contributed by atoms with Crippen molar-refractivity contribution >= 4 is 27.7 Å². The zero-order chi connectivity index (χ0) is 15.0. The zero-order valence-electron chi connectivity index (χ0n) is 12.0. The summed E-state index contributed by atoms with van der Waals surface area (Å²) in [5.74, 6) is -0.518. The molecule has 110 valence electrons. The van der Waals surface area contributed by atoms with E-state index in [1.807, 2.05) is 6.92 Å². The average Bonchev–Trinajstić information content (AvgIpc) is 2.46. The number of benzene rings is 1. The number of ether oxygens (including phenoxy) is 1. The Morgan fingerprint density at radius 1 is 1.20 bits per heavy atom. The molecule has 0 amide bonds. The van der Waals surface area contributed by atoms with Crippen molar-refractivity contribution < 1.29 is 14.3 Å². The smallest absolute Gasteiger partial charge is 0.309 e. The number of carbonyl (C=O) groups excluding carboxylic acids is 2. The molecule has 0 radical (unpaired) electrons. The molecule has 0 aliphatic carbocycles. The Morgan fingerprint density at radius 3 is 2.40 bits per heavy atom. The molecule has 1 rings (SSSR count). The third-order valence-corrected chi connectivity index (χ3v) is 3.77. The van der Waals surface area contributed by atoms with Gasteiger partial charge >= 0.3 is 5.97 Å². The van der Waals surface area contributed by atoms with Gasteiger partial charge in [0.05, 0.1) is 5.92 Å². The number of unbranched alkanes of at least 4 members (excludes halogenated alkanes) is 1. The minimum absolute atomic E-state index is 0.0901. The van der Waals surface area contributed by atoms with E-state index in [-0.39, 0.29) is 24.3 Å². The molecule has 0 fully saturated rings. The Labute approximate surface area is 128 Å². The number of Topliss-reactive ketones (excluding diaryl/α,β-unsaturated/α-hetero) is 1. The highest BCUT2D eigenvalue weighted by Gasteiger charge is 2.18. The van der Waals surface area contributed by atoms with Crippen LogP contribution in [0.15, 0.2) is 28.7 Å². The summed E-state index contributed by atoms with van der Waals surface area (Å²) in [7, 11) is 0. The number of esters is 1. The minimum atomic E-state index is -0.258. The Balaban J connectivity index is 2.47. The molecule has 0 aliphatic rings. The van der Waals surface area contributed by atoms with Crippen molar-refractivity contribution in [3.05, 3.63) is 34.3 Å². The van der Waals surface area contributed by atoms with E-state index < -0.39 is 0 Å². The lowest BCUT2D eigenvalue weighted by atomic mass is 10.00. The molecule has 1 aromatic carbocycles. The number of hydrogen-bond donors (Lipinski definition) is 0. The van der Waals surface area contributed by atoms with Gasteiger partial charge in [-0.3, -0.25) is 9.59 Å². The highest BCUT2D eigenvalue weighted by molar-refractivity contribution is 9.10. The van der Waals surface area contributed by atoms with Crippen LogP contribution in [0.2, 0.25) is 0 Å². The fourth-order valence-corrected chi connectivity index (χ4v) is 2.18. The van der Waals surface area contributed by atoms with Crippen molar-refractivity contribution in [2.75, 3.05) is 6.61 Å². The third-order valence-electron chi connectivity index (χ3n) is 3.24. The van der Waals surface area contributed by atoms with Crippen LogP contribution in [0.25, 0.3) is 0 Å². The van der Waals surface area contributed by atoms with Crippen LogP contribution in [0.3, 0.4) is 0 Å². The second-order valence-electron chi connectivity index (χ2n) is 4.79. The molecule has 0 saturated carbocycles. The molecule has 4 heteroatoms. The number of ketones is 1. The van der Waals surface area contributed by atoms with E-state index in [1.54, 1.807) is 24.3 Å². The maximum atomic E-state index is 11.9. The molecule has 0 saturated heterocycles. The van der Waals surface area contributed by atoms with Crippen LogP contribution < -0.4 is 0 Å². The minimum Gasteiger partial charge on any atom is -0.457 e. The van der Waals surface area contributed by atoms with E-state index in [0.717, 1.165) is 30.2 Å². The van der Waals surface area contributed by atoms with Gasteiger partial charge in [0, 0.05) is 10.0 Å². The predicted molar refractivity (Wildman–Crippen MR) is 82.7 cm³/mol. The van der Waals surface area contributed by atoms with Gasteiger partial charge < -0.3 is 4.74 Å². The van der Waals surface area contributed by atoms with Gasteiger partial charge in [0.15, 0.2) is 12.4 Å². The molecule has 0 aliphatic heterocycles. The molecule has 0 aromatic heterocycles. The number of hydrogen-bond acceptors (Lipinski definition) is 3. The first-order valence-electron chi connectivity index (χ1n) is 7.03. The van der Waals surface area contributed by atoms with Crippen molar-refractivity contribution in [1.29, 1.82) is 0 Å². The summed E-state index contributed by atoms with van der Waals surface area (Å²) in [4.78, 5) is 23.8. The molecule has 0 N–H and O–H groups in total. The van der Waals surface area contributed by atoms with Gasteiger partial charge in [-0.05, 0) is 25.0 Å². The lowest BCUT2D eigenvalue weighted by Crippen LogP contribution is -2.21. The normalized spacial score (nSPS) is 11.9. The first kappa shape index (κ1) is 16.9. The van der Waals surface area contributed by atoms with E-state index in [2.05, 4.69) is 22.9 Å². The van der Waals surface area contributed by atoms with E-state index in [4.69, 9.17) is 4.74 Å². The zero-order valence-corrected chi connectivity index (χ0v) is 13.6. The summed E-state index contributed by atoms with van der Waals surface area (Å²) >= 11 is 3.31. The third kappa shape index (κ3) is 5.45. The van der Waals surface area contributed by atoms with Crippen LogP contribution in [-0.4, -0.2) is 18.4 Å². The Hall–Kier alpha value is -1.16. The van der Waals surface area contributed by atoms with Crippen LogP contribution in [-0.2, 0) is 9.53 Å². The molecule has 1 atom stereocenters. The van der Waals surface area contributed by atoms with Gasteiger partial charge in [0.25, 0.3) is 0 Å². The second kappa shape index (κ2) is 8.90. The monoisotopic (exact) mass is 340 g/mol. The van der Waals surface area contributed by atoms with E-state index in [0.29, 0.717) is 5.56 Å². The molecule has 0 heterocycles. The molecule has 20 heavy (non-hydrogen) atoms. The van der Waals surface area contributed by atoms with Gasteiger partial charge in [-0.2, -0.15) is 0 Å². The fraction of sp³-hybridized carbons (Fsp3) is 0.500.